The van der Waals surface area contributed by atoms with Gasteiger partial charge in [0.2, 0.25) is 5.95 Å². The maximum Gasteiger partial charge on any atom is 0.264 e. The fourth-order valence-corrected chi connectivity index (χ4v) is 4.36. The predicted octanol–water partition coefficient (Wildman–Crippen LogP) is 1.35. The summed E-state index contributed by atoms with van der Waals surface area (Å²) in [6, 6.07) is 1.78. The van der Waals surface area contributed by atoms with Gasteiger partial charge < -0.3 is 14.8 Å². The second-order valence-corrected chi connectivity index (χ2v) is 7.21. The molecular weight excluding hydrogens is 352 g/mol. The van der Waals surface area contributed by atoms with Crippen LogP contribution in [0.4, 0.5) is 5.95 Å². The van der Waals surface area contributed by atoms with Gasteiger partial charge in [0.25, 0.3) is 11.5 Å². The zero-order valence-corrected chi connectivity index (χ0v) is 15.3. The van der Waals surface area contributed by atoms with Crippen molar-refractivity contribution in [2.45, 2.75) is 13.8 Å². The Morgan fingerprint density at radius 2 is 1.85 bits per heavy atom. The lowest BCUT2D eigenvalue weighted by Gasteiger charge is -2.34. The van der Waals surface area contributed by atoms with Crippen LogP contribution in [0, 0.1) is 13.8 Å². The molecule has 0 aromatic carbocycles. The minimum Gasteiger partial charge on any atom is -0.337 e. The number of aromatic amines is 1. The van der Waals surface area contributed by atoms with E-state index in [0.29, 0.717) is 58.6 Å². The maximum atomic E-state index is 13.0. The molecule has 26 heavy (non-hydrogen) atoms. The van der Waals surface area contributed by atoms with Gasteiger partial charge in [-0.1, -0.05) is 0 Å². The molecule has 0 spiro atoms. The quantitative estimate of drug-likeness (QED) is 0.732. The van der Waals surface area contributed by atoms with Crippen LogP contribution >= 0.6 is 11.3 Å². The molecule has 3 aromatic rings. The fourth-order valence-electron chi connectivity index (χ4n) is 3.16. The van der Waals surface area contributed by atoms with Crippen molar-refractivity contribution in [1.82, 2.24) is 24.8 Å². The summed E-state index contributed by atoms with van der Waals surface area (Å²) in [4.78, 5) is 45.8. The summed E-state index contributed by atoms with van der Waals surface area (Å²) in [5.74, 6) is 1.19. The van der Waals surface area contributed by atoms with Crippen molar-refractivity contribution in [2.24, 2.45) is 0 Å². The monoisotopic (exact) mass is 370 g/mol. The zero-order chi connectivity index (χ0) is 18.3. The van der Waals surface area contributed by atoms with E-state index in [2.05, 4.69) is 24.8 Å². The molecule has 0 aliphatic carbocycles. The van der Waals surface area contributed by atoms with Gasteiger partial charge in [0.1, 0.15) is 10.7 Å². The van der Waals surface area contributed by atoms with Gasteiger partial charge >= 0.3 is 0 Å². The summed E-state index contributed by atoms with van der Waals surface area (Å²) in [6.07, 6.45) is 3.43. The Morgan fingerprint density at radius 3 is 2.54 bits per heavy atom. The number of nitrogens with zero attached hydrogens (tertiary/aromatic N) is 5. The SMILES string of the molecule is Cc1nc2sc(C(=O)N3CCN(c4ncccn4)CC3)c(C)c2c(=O)[nH]1. The van der Waals surface area contributed by atoms with E-state index in [9.17, 15) is 9.59 Å². The molecule has 4 heterocycles. The Hall–Kier alpha value is -2.81. The first-order valence-electron chi connectivity index (χ1n) is 8.36. The average Bonchev–Trinajstić information content (AvgIpc) is 2.98. The van der Waals surface area contributed by atoms with Crippen molar-refractivity contribution < 1.29 is 4.79 Å². The van der Waals surface area contributed by atoms with E-state index in [-0.39, 0.29) is 11.5 Å². The number of carbonyl (C=O) groups is 1. The van der Waals surface area contributed by atoms with Crippen LogP contribution in [0.2, 0.25) is 0 Å². The van der Waals surface area contributed by atoms with Crippen LogP contribution in [-0.2, 0) is 0 Å². The third-order valence-electron chi connectivity index (χ3n) is 4.52. The van der Waals surface area contributed by atoms with Gasteiger partial charge in [-0.05, 0) is 25.5 Å². The van der Waals surface area contributed by atoms with Crippen molar-refractivity contribution in [1.29, 1.82) is 0 Å². The Morgan fingerprint density at radius 1 is 1.15 bits per heavy atom. The molecule has 1 N–H and O–H groups in total. The number of thiophene rings is 1. The first kappa shape index (κ1) is 16.6. The van der Waals surface area contributed by atoms with E-state index >= 15 is 0 Å². The number of hydrogen-bond acceptors (Lipinski definition) is 7. The van der Waals surface area contributed by atoms with Crippen LogP contribution in [-0.4, -0.2) is 56.9 Å². The van der Waals surface area contributed by atoms with Gasteiger partial charge in [0.15, 0.2) is 0 Å². The van der Waals surface area contributed by atoms with Crippen LogP contribution in [0.5, 0.6) is 0 Å². The molecule has 1 saturated heterocycles. The Bertz CT molecular complexity index is 1020. The Kier molecular flexibility index (Phi) is 4.15. The number of nitrogens with one attached hydrogen (secondary N) is 1. The highest BCUT2D eigenvalue weighted by molar-refractivity contribution is 7.20. The summed E-state index contributed by atoms with van der Waals surface area (Å²) in [5.41, 5.74) is 0.518. The standard InChI is InChI=1S/C17H18N6O2S/c1-10-12-14(24)20-11(2)21-15(12)26-13(10)16(25)22-6-8-23(9-7-22)17-18-4-3-5-19-17/h3-5H,6-9H2,1-2H3,(H,20,21,24). The molecule has 0 unspecified atom stereocenters. The number of anilines is 1. The number of H-pyrrole nitrogens is 1. The minimum absolute atomic E-state index is 0.0452. The maximum absolute atomic E-state index is 13.0. The highest BCUT2D eigenvalue weighted by Crippen LogP contribution is 2.28. The third-order valence-corrected chi connectivity index (χ3v) is 5.69. The van der Waals surface area contributed by atoms with Crippen LogP contribution in [0.25, 0.3) is 10.2 Å². The van der Waals surface area contributed by atoms with Gasteiger partial charge in [-0.2, -0.15) is 0 Å². The highest BCUT2D eigenvalue weighted by Gasteiger charge is 2.27. The van der Waals surface area contributed by atoms with Crippen molar-refractivity contribution in [2.75, 3.05) is 31.1 Å². The number of rotatable bonds is 2. The van der Waals surface area contributed by atoms with Crippen LogP contribution in [0.15, 0.2) is 23.3 Å². The lowest BCUT2D eigenvalue weighted by Crippen LogP contribution is -2.49. The molecule has 0 radical (unpaired) electrons. The summed E-state index contributed by atoms with van der Waals surface area (Å²) in [5, 5.41) is 0.514. The topological polar surface area (TPSA) is 95.1 Å². The second kappa shape index (κ2) is 6.49. The molecular formula is C17H18N6O2S. The summed E-state index contributed by atoms with van der Waals surface area (Å²) in [6.45, 7) is 6.09. The minimum atomic E-state index is -0.189. The number of aryl methyl sites for hydroxylation is 2. The molecule has 3 aromatic heterocycles. The van der Waals surface area contributed by atoms with Crippen molar-refractivity contribution >= 4 is 33.4 Å². The van der Waals surface area contributed by atoms with Gasteiger partial charge in [0, 0.05) is 38.6 Å². The molecule has 1 amide bonds. The smallest absolute Gasteiger partial charge is 0.264 e. The van der Waals surface area contributed by atoms with Crippen LogP contribution < -0.4 is 10.5 Å². The second-order valence-electron chi connectivity index (χ2n) is 6.22. The normalized spacial score (nSPS) is 14.8. The first-order valence-corrected chi connectivity index (χ1v) is 9.17. The molecule has 0 atom stereocenters. The van der Waals surface area contributed by atoms with E-state index < -0.39 is 0 Å². The van der Waals surface area contributed by atoms with Crippen molar-refractivity contribution in [3.05, 3.63) is 45.1 Å². The third kappa shape index (κ3) is 2.84. The number of aromatic nitrogens is 4. The number of amides is 1. The number of fused-ring (bicyclic) bond motifs is 1. The molecule has 0 bridgehead atoms. The molecule has 9 heteroatoms. The van der Waals surface area contributed by atoms with Gasteiger partial charge in [-0.3, -0.25) is 9.59 Å². The first-order chi connectivity index (χ1) is 12.5. The van der Waals surface area contributed by atoms with Gasteiger partial charge in [-0.15, -0.1) is 11.3 Å². The molecule has 4 rings (SSSR count). The lowest BCUT2D eigenvalue weighted by molar-refractivity contribution is 0.0750. The average molecular weight is 370 g/mol. The Labute approximate surface area is 153 Å². The molecule has 8 nitrogen and oxygen atoms in total. The van der Waals surface area contributed by atoms with E-state index in [1.807, 2.05) is 11.8 Å². The molecule has 1 aliphatic rings. The van der Waals surface area contributed by atoms with E-state index in [1.165, 1.54) is 11.3 Å². The van der Waals surface area contributed by atoms with E-state index in [1.54, 1.807) is 25.4 Å². The van der Waals surface area contributed by atoms with Crippen LogP contribution in [0.1, 0.15) is 21.1 Å². The van der Waals surface area contributed by atoms with Crippen LogP contribution in [0.3, 0.4) is 0 Å². The highest BCUT2D eigenvalue weighted by atomic mass is 32.1. The Balaban J connectivity index is 1.56. The fraction of sp³-hybridized carbons (Fsp3) is 0.353. The summed E-state index contributed by atoms with van der Waals surface area (Å²) in [7, 11) is 0. The molecule has 1 aliphatic heterocycles. The van der Waals surface area contributed by atoms with Gasteiger partial charge in [0.05, 0.1) is 10.3 Å². The number of carbonyl (C=O) groups excluding carboxylic acids is 1. The largest absolute Gasteiger partial charge is 0.337 e. The van der Waals surface area contributed by atoms with Crippen molar-refractivity contribution in [3.8, 4) is 0 Å². The predicted molar refractivity (Wildman–Crippen MR) is 99.9 cm³/mol. The summed E-state index contributed by atoms with van der Waals surface area (Å²) >= 11 is 1.29. The molecule has 134 valence electrons. The zero-order valence-electron chi connectivity index (χ0n) is 14.5. The molecule has 1 fully saturated rings. The van der Waals surface area contributed by atoms with Crippen molar-refractivity contribution in [3.63, 3.8) is 0 Å². The molecule has 0 saturated carbocycles. The number of piperazine rings is 1. The van der Waals surface area contributed by atoms with E-state index in [4.69, 9.17) is 0 Å². The summed E-state index contributed by atoms with van der Waals surface area (Å²) < 4.78 is 0. The van der Waals surface area contributed by atoms with Gasteiger partial charge in [-0.25, -0.2) is 15.0 Å². The lowest BCUT2D eigenvalue weighted by atomic mass is 10.2. The van der Waals surface area contributed by atoms with E-state index in [0.717, 1.165) is 0 Å². The number of hydrogen-bond donors (Lipinski definition) is 1.